The van der Waals surface area contributed by atoms with Crippen molar-refractivity contribution in [2.75, 3.05) is 20.8 Å². The van der Waals surface area contributed by atoms with Crippen molar-refractivity contribution >= 4 is 39.1 Å². The summed E-state index contributed by atoms with van der Waals surface area (Å²) in [5, 5.41) is 33.3. The largest absolute Gasteiger partial charge is 0.507 e. The van der Waals surface area contributed by atoms with E-state index in [1.165, 1.54) is 13.2 Å². The van der Waals surface area contributed by atoms with Gasteiger partial charge in [-0.1, -0.05) is 29.0 Å². The number of aromatic nitrogens is 1. The molecule has 0 fully saturated rings. The number of ketones is 2. The van der Waals surface area contributed by atoms with Gasteiger partial charge in [0.1, 0.15) is 22.3 Å². The van der Waals surface area contributed by atoms with Gasteiger partial charge in [-0.25, -0.2) is 4.98 Å². The molecule has 4 N–H and O–H groups in total. The molecule has 0 bridgehead atoms. The summed E-state index contributed by atoms with van der Waals surface area (Å²) in [7, 11) is 5.56. The van der Waals surface area contributed by atoms with E-state index in [0.717, 1.165) is 12.1 Å². The van der Waals surface area contributed by atoms with Gasteiger partial charge in [0.25, 0.3) is 0 Å². The van der Waals surface area contributed by atoms with Gasteiger partial charge in [-0.15, -0.1) is 25.7 Å². The van der Waals surface area contributed by atoms with Crippen LogP contribution in [0.25, 0.3) is 0 Å². The van der Waals surface area contributed by atoms with E-state index in [2.05, 4.69) is 36.0 Å². The number of aliphatic hydroxyl groups is 1. The zero-order valence-corrected chi connectivity index (χ0v) is 27.1. The Morgan fingerprint density at radius 2 is 1.62 bits per heavy atom. The summed E-state index contributed by atoms with van der Waals surface area (Å²) in [5.74, 6) is -2.18. The number of hydrogen-bond donors (Lipinski definition) is 4. The lowest BCUT2D eigenvalue weighted by molar-refractivity contribution is -0.125. The molecule has 2 aliphatic carbocycles. The molecular formula is C34H36N2O7S2. The molecule has 0 saturated heterocycles. The quantitative estimate of drug-likeness (QED) is 0.125. The number of hydrogen-bond acceptors (Lipinski definition) is 10. The van der Waals surface area contributed by atoms with E-state index in [1.54, 1.807) is 39.9 Å². The third-order valence-electron chi connectivity index (χ3n) is 7.07. The Morgan fingerprint density at radius 1 is 0.978 bits per heavy atom. The number of amides is 1. The summed E-state index contributed by atoms with van der Waals surface area (Å²) < 4.78 is 5.01. The first-order valence-electron chi connectivity index (χ1n) is 13.6. The Labute approximate surface area is 271 Å². The Balaban J connectivity index is 0.00000111. The standard InChI is InChI=1S/C29H28N2O6S2.2C2H2.CH4O/c1-29(2,39-38-20-9-4-5-12-30-20)14-31-28(36)15-10-11-16-18(13-15)26(34)22-23(24(16)32)27(35)21-17(25(22)33)7-6-8-19(21)37-3;3*1-2/h4-9,12,15,32,34H,10-11,13-14H2,1-3H3,(H,31,36);2*1-2H;2H,1H3/t15-;;;/m0.../s1. The monoisotopic (exact) mass is 648 g/mol. The van der Waals surface area contributed by atoms with Gasteiger partial charge < -0.3 is 25.4 Å². The molecule has 2 aromatic carbocycles. The molecule has 5 rings (SSSR count). The van der Waals surface area contributed by atoms with Crippen LogP contribution in [0.15, 0.2) is 47.6 Å². The molecule has 1 heterocycles. The molecule has 2 aliphatic rings. The minimum atomic E-state index is -0.573. The minimum Gasteiger partial charge on any atom is -0.507 e. The van der Waals surface area contributed by atoms with Crippen molar-refractivity contribution < 1.29 is 34.4 Å². The van der Waals surface area contributed by atoms with Crippen molar-refractivity contribution in [1.29, 1.82) is 0 Å². The number of rotatable bonds is 7. The molecule has 0 spiro atoms. The van der Waals surface area contributed by atoms with E-state index in [9.17, 15) is 24.6 Å². The number of pyridine rings is 1. The molecule has 0 saturated carbocycles. The molecule has 1 aromatic heterocycles. The van der Waals surface area contributed by atoms with E-state index in [4.69, 9.17) is 9.84 Å². The number of nitrogens with zero attached hydrogens (tertiary/aromatic N) is 1. The predicted molar refractivity (Wildman–Crippen MR) is 178 cm³/mol. The number of carbonyl (C=O) groups is 3. The van der Waals surface area contributed by atoms with Gasteiger partial charge in [-0.05, 0) is 62.1 Å². The number of fused-ring (bicyclic) bond motifs is 3. The number of terminal acetylenes is 2. The lowest BCUT2D eigenvalue weighted by atomic mass is 9.75. The summed E-state index contributed by atoms with van der Waals surface area (Å²) in [5.41, 5.74) is 0.487. The fourth-order valence-corrected chi connectivity index (χ4v) is 7.14. The Hall–Kier alpha value is -4.42. The number of methoxy groups -OCH3 is 1. The average Bonchev–Trinajstić information content (AvgIpc) is 3.09. The molecule has 3 aromatic rings. The number of phenolic OH excluding ortho intramolecular Hbond substituents is 2. The minimum absolute atomic E-state index is 0.0712. The number of carbonyl (C=O) groups excluding carboxylic acids is 3. The number of aromatic hydroxyl groups is 2. The van der Waals surface area contributed by atoms with Crippen LogP contribution in [-0.2, 0) is 17.6 Å². The average molecular weight is 649 g/mol. The second-order valence-electron chi connectivity index (χ2n) is 10.2. The van der Waals surface area contributed by atoms with E-state index in [0.29, 0.717) is 24.1 Å². The molecular weight excluding hydrogens is 613 g/mol. The van der Waals surface area contributed by atoms with Crippen molar-refractivity contribution in [3.63, 3.8) is 0 Å². The summed E-state index contributed by atoms with van der Waals surface area (Å²) in [6, 6.07) is 10.4. The van der Waals surface area contributed by atoms with Gasteiger partial charge in [0, 0.05) is 47.2 Å². The third kappa shape index (κ3) is 7.81. The zero-order valence-electron chi connectivity index (χ0n) is 25.5. The van der Waals surface area contributed by atoms with Crippen molar-refractivity contribution in [3.8, 4) is 42.9 Å². The first-order chi connectivity index (χ1) is 21.6. The van der Waals surface area contributed by atoms with Crippen LogP contribution in [0.5, 0.6) is 17.2 Å². The van der Waals surface area contributed by atoms with E-state index in [-0.39, 0.29) is 63.0 Å². The van der Waals surface area contributed by atoms with E-state index < -0.39 is 17.5 Å². The Kier molecular flexibility index (Phi) is 13.6. The van der Waals surface area contributed by atoms with Crippen LogP contribution < -0.4 is 10.1 Å². The van der Waals surface area contributed by atoms with Gasteiger partial charge in [-0.3, -0.25) is 14.4 Å². The van der Waals surface area contributed by atoms with E-state index in [1.807, 2.05) is 32.0 Å². The summed E-state index contributed by atoms with van der Waals surface area (Å²) in [6.07, 6.45) is 18.6. The van der Waals surface area contributed by atoms with Crippen molar-refractivity contribution in [2.45, 2.75) is 42.9 Å². The predicted octanol–water partition coefficient (Wildman–Crippen LogP) is 4.82. The van der Waals surface area contributed by atoms with Gasteiger partial charge in [0.05, 0.1) is 23.8 Å². The first kappa shape index (κ1) is 36.8. The molecule has 0 aliphatic heterocycles. The lowest BCUT2D eigenvalue weighted by Crippen LogP contribution is -2.40. The van der Waals surface area contributed by atoms with Crippen molar-refractivity contribution in [3.05, 3.63) is 76.0 Å². The van der Waals surface area contributed by atoms with Gasteiger partial charge in [0.2, 0.25) is 11.7 Å². The van der Waals surface area contributed by atoms with Crippen LogP contribution in [0.4, 0.5) is 0 Å². The number of ether oxygens (including phenoxy) is 1. The Bertz CT molecular complexity index is 1580. The molecule has 0 unspecified atom stereocenters. The highest BCUT2D eigenvalue weighted by atomic mass is 33.1. The highest BCUT2D eigenvalue weighted by Crippen LogP contribution is 2.47. The van der Waals surface area contributed by atoms with Crippen LogP contribution in [0.2, 0.25) is 0 Å². The topological polar surface area (TPSA) is 146 Å². The summed E-state index contributed by atoms with van der Waals surface area (Å²) in [4.78, 5) is 44.3. The fourth-order valence-electron chi connectivity index (χ4n) is 5.06. The number of benzene rings is 2. The SMILES string of the molecule is C#C.C#C.CO.COc1cccc2c1C(=O)c1c(O)c3c(c(O)c1C2=O)C[C@@H](C(=O)NCC(C)(C)SSc1ccccn1)CC3. The molecule has 9 nitrogen and oxygen atoms in total. The lowest BCUT2D eigenvalue weighted by Gasteiger charge is -2.30. The first-order valence-corrected chi connectivity index (χ1v) is 15.8. The zero-order chi connectivity index (χ0) is 33.9. The molecule has 1 atom stereocenters. The van der Waals surface area contributed by atoms with Crippen LogP contribution in [-0.4, -0.2) is 63.3 Å². The highest BCUT2D eigenvalue weighted by molar-refractivity contribution is 8.77. The van der Waals surface area contributed by atoms with Crippen molar-refractivity contribution in [1.82, 2.24) is 10.3 Å². The van der Waals surface area contributed by atoms with Crippen LogP contribution >= 0.6 is 21.6 Å². The Morgan fingerprint density at radius 3 is 2.24 bits per heavy atom. The summed E-state index contributed by atoms with van der Waals surface area (Å²) in [6.45, 7) is 4.50. The molecule has 236 valence electrons. The molecule has 1 amide bonds. The number of phenols is 2. The maximum atomic E-state index is 13.4. The third-order valence-corrected chi connectivity index (χ3v) is 10.3. The molecule has 11 heteroatoms. The van der Waals surface area contributed by atoms with Crippen LogP contribution in [0, 0.1) is 31.6 Å². The highest BCUT2D eigenvalue weighted by Gasteiger charge is 2.41. The summed E-state index contributed by atoms with van der Waals surface area (Å²) >= 11 is 0. The second kappa shape index (κ2) is 16.6. The van der Waals surface area contributed by atoms with Gasteiger partial charge >= 0.3 is 0 Å². The molecule has 45 heavy (non-hydrogen) atoms. The number of nitrogens with one attached hydrogen (secondary N) is 1. The van der Waals surface area contributed by atoms with Gasteiger partial charge in [-0.2, -0.15) is 0 Å². The van der Waals surface area contributed by atoms with E-state index >= 15 is 0 Å². The fraction of sp³-hybridized carbons (Fsp3) is 0.294. The maximum absolute atomic E-state index is 13.4. The van der Waals surface area contributed by atoms with Gasteiger partial charge in [0.15, 0.2) is 5.78 Å². The normalized spacial score (nSPS) is 14.3. The van der Waals surface area contributed by atoms with Crippen molar-refractivity contribution in [2.24, 2.45) is 5.92 Å². The van der Waals surface area contributed by atoms with Crippen LogP contribution in [0.1, 0.15) is 63.2 Å². The van der Waals surface area contributed by atoms with Crippen LogP contribution in [0.3, 0.4) is 0 Å². The smallest absolute Gasteiger partial charge is 0.223 e. The second-order valence-corrected chi connectivity index (χ2v) is 13.1. The molecule has 0 radical (unpaired) electrons. The maximum Gasteiger partial charge on any atom is 0.223 e. The number of aliphatic hydroxyl groups excluding tert-OH is 1.